The SMILES string of the molecule is CC(CN1CCCCC1)NCC(=O)Nc1cccc(Cl)c1. The number of nitrogens with zero attached hydrogens (tertiary/aromatic N) is 1. The Balaban J connectivity index is 1.68. The molecule has 1 saturated heterocycles. The molecule has 2 rings (SSSR count). The number of anilines is 1. The van der Waals surface area contributed by atoms with Crippen LogP contribution in [0.1, 0.15) is 26.2 Å². The van der Waals surface area contributed by atoms with Crippen LogP contribution in [-0.4, -0.2) is 43.0 Å². The highest BCUT2D eigenvalue weighted by molar-refractivity contribution is 6.30. The highest BCUT2D eigenvalue weighted by atomic mass is 35.5. The molecule has 0 radical (unpaired) electrons. The fourth-order valence-electron chi connectivity index (χ4n) is 2.63. The quantitative estimate of drug-likeness (QED) is 0.849. The lowest BCUT2D eigenvalue weighted by Crippen LogP contribution is -2.43. The molecule has 1 aromatic carbocycles. The van der Waals surface area contributed by atoms with Gasteiger partial charge in [-0.25, -0.2) is 0 Å². The van der Waals surface area contributed by atoms with Crippen molar-refractivity contribution < 1.29 is 4.79 Å². The summed E-state index contributed by atoms with van der Waals surface area (Å²) in [4.78, 5) is 14.4. The standard InChI is InChI=1S/C16H24ClN3O/c1-13(12-20-8-3-2-4-9-20)18-11-16(21)19-15-7-5-6-14(17)10-15/h5-7,10,13,18H,2-4,8-9,11-12H2,1H3,(H,19,21). The molecule has 1 atom stereocenters. The van der Waals surface area contributed by atoms with Crippen LogP contribution in [0.25, 0.3) is 0 Å². The van der Waals surface area contributed by atoms with E-state index in [1.807, 2.05) is 12.1 Å². The van der Waals surface area contributed by atoms with E-state index in [9.17, 15) is 4.79 Å². The highest BCUT2D eigenvalue weighted by Crippen LogP contribution is 2.14. The van der Waals surface area contributed by atoms with Crippen molar-refractivity contribution in [2.45, 2.75) is 32.2 Å². The van der Waals surface area contributed by atoms with E-state index >= 15 is 0 Å². The summed E-state index contributed by atoms with van der Waals surface area (Å²) in [6, 6.07) is 7.51. The third-order valence-corrected chi connectivity index (χ3v) is 3.94. The van der Waals surface area contributed by atoms with Gasteiger partial charge in [0.2, 0.25) is 5.91 Å². The Morgan fingerprint density at radius 2 is 2.10 bits per heavy atom. The van der Waals surface area contributed by atoms with Crippen LogP contribution in [0.5, 0.6) is 0 Å². The molecule has 0 bridgehead atoms. The molecule has 1 amide bonds. The summed E-state index contributed by atoms with van der Waals surface area (Å²) >= 11 is 5.89. The molecule has 1 aliphatic rings. The van der Waals surface area contributed by atoms with Crippen molar-refractivity contribution in [3.8, 4) is 0 Å². The number of amides is 1. The van der Waals surface area contributed by atoms with Crippen molar-refractivity contribution in [3.63, 3.8) is 0 Å². The molecule has 116 valence electrons. The molecule has 1 aromatic rings. The Morgan fingerprint density at radius 1 is 1.33 bits per heavy atom. The predicted octanol–water partition coefficient (Wildman–Crippen LogP) is 2.74. The minimum atomic E-state index is -0.0391. The fraction of sp³-hybridized carbons (Fsp3) is 0.562. The number of hydrogen-bond donors (Lipinski definition) is 2. The summed E-state index contributed by atoms with van der Waals surface area (Å²) in [5.74, 6) is -0.0391. The number of likely N-dealkylation sites (tertiary alicyclic amines) is 1. The summed E-state index contributed by atoms with van der Waals surface area (Å²) in [6.07, 6.45) is 3.93. The second-order valence-corrected chi connectivity index (χ2v) is 6.14. The van der Waals surface area contributed by atoms with E-state index in [2.05, 4.69) is 22.5 Å². The van der Waals surface area contributed by atoms with Crippen molar-refractivity contribution in [2.24, 2.45) is 0 Å². The zero-order valence-electron chi connectivity index (χ0n) is 12.6. The van der Waals surface area contributed by atoms with Gasteiger partial charge in [-0.05, 0) is 51.1 Å². The van der Waals surface area contributed by atoms with Gasteiger partial charge in [-0.1, -0.05) is 24.1 Å². The normalized spacial score (nSPS) is 17.4. The van der Waals surface area contributed by atoms with Crippen molar-refractivity contribution in [1.82, 2.24) is 10.2 Å². The summed E-state index contributed by atoms with van der Waals surface area (Å²) in [5.41, 5.74) is 0.734. The van der Waals surface area contributed by atoms with Crippen molar-refractivity contribution in [2.75, 3.05) is 31.5 Å². The summed E-state index contributed by atoms with van der Waals surface area (Å²) in [7, 11) is 0. The number of piperidine rings is 1. The molecule has 1 heterocycles. The lowest BCUT2D eigenvalue weighted by atomic mass is 10.1. The van der Waals surface area contributed by atoms with Crippen LogP contribution in [0.4, 0.5) is 5.69 Å². The minimum absolute atomic E-state index is 0.0391. The second kappa shape index (κ2) is 8.37. The molecule has 1 aliphatic heterocycles. The van der Waals surface area contributed by atoms with Crippen molar-refractivity contribution in [3.05, 3.63) is 29.3 Å². The van der Waals surface area contributed by atoms with Gasteiger partial charge >= 0.3 is 0 Å². The summed E-state index contributed by atoms with van der Waals surface area (Å²) in [6.45, 7) is 5.81. The van der Waals surface area contributed by atoms with E-state index in [0.717, 1.165) is 12.2 Å². The number of nitrogens with one attached hydrogen (secondary N) is 2. The van der Waals surface area contributed by atoms with Crippen LogP contribution < -0.4 is 10.6 Å². The maximum atomic E-state index is 11.9. The van der Waals surface area contributed by atoms with E-state index < -0.39 is 0 Å². The summed E-state index contributed by atoms with van der Waals surface area (Å²) < 4.78 is 0. The first-order chi connectivity index (χ1) is 10.1. The smallest absolute Gasteiger partial charge is 0.238 e. The van der Waals surface area contributed by atoms with Crippen molar-refractivity contribution in [1.29, 1.82) is 0 Å². The maximum absolute atomic E-state index is 11.9. The maximum Gasteiger partial charge on any atom is 0.238 e. The van der Waals surface area contributed by atoms with Gasteiger partial charge in [-0.15, -0.1) is 0 Å². The average Bonchev–Trinajstić information content (AvgIpc) is 2.46. The third kappa shape index (κ3) is 6.04. The Bertz CT molecular complexity index is 461. The van der Waals surface area contributed by atoms with Crippen LogP contribution in [0.2, 0.25) is 5.02 Å². The molecule has 21 heavy (non-hydrogen) atoms. The molecule has 0 aromatic heterocycles. The fourth-order valence-corrected chi connectivity index (χ4v) is 2.82. The van der Waals surface area contributed by atoms with Crippen molar-refractivity contribution >= 4 is 23.2 Å². The van der Waals surface area contributed by atoms with Gasteiger partial charge in [0.05, 0.1) is 6.54 Å². The Hall–Kier alpha value is -1.10. The van der Waals surface area contributed by atoms with Gasteiger partial charge in [0.15, 0.2) is 0 Å². The van der Waals surface area contributed by atoms with Gasteiger partial charge < -0.3 is 15.5 Å². The molecule has 0 aliphatic carbocycles. The van der Waals surface area contributed by atoms with Crippen LogP contribution in [0.3, 0.4) is 0 Å². The van der Waals surface area contributed by atoms with Crippen LogP contribution in [0, 0.1) is 0 Å². The van der Waals surface area contributed by atoms with E-state index in [1.54, 1.807) is 12.1 Å². The number of halogens is 1. The molecule has 1 unspecified atom stereocenters. The molecule has 0 spiro atoms. The lowest BCUT2D eigenvalue weighted by molar-refractivity contribution is -0.115. The number of benzene rings is 1. The van der Waals surface area contributed by atoms with E-state index in [0.29, 0.717) is 17.6 Å². The van der Waals surface area contributed by atoms with E-state index in [4.69, 9.17) is 11.6 Å². The largest absolute Gasteiger partial charge is 0.325 e. The van der Waals surface area contributed by atoms with E-state index in [1.165, 1.54) is 32.4 Å². The Kier molecular flexibility index (Phi) is 6.49. The van der Waals surface area contributed by atoms with Gasteiger partial charge in [0.1, 0.15) is 0 Å². The third-order valence-electron chi connectivity index (χ3n) is 3.70. The summed E-state index contributed by atoms with van der Waals surface area (Å²) in [5, 5.41) is 6.74. The first kappa shape index (κ1) is 16.3. The minimum Gasteiger partial charge on any atom is -0.325 e. The van der Waals surface area contributed by atoms with Crippen LogP contribution in [0.15, 0.2) is 24.3 Å². The van der Waals surface area contributed by atoms with Gasteiger partial charge in [0, 0.05) is 23.3 Å². The zero-order chi connectivity index (χ0) is 15.1. The lowest BCUT2D eigenvalue weighted by Gasteiger charge is -2.29. The van der Waals surface area contributed by atoms with Gasteiger partial charge in [0.25, 0.3) is 0 Å². The number of carbonyl (C=O) groups is 1. The molecule has 0 saturated carbocycles. The monoisotopic (exact) mass is 309 g/mol. The van der Waals surface area contributed by atoms with Gasteiger partial charge in [-0.2, -0.15) is 0 Å². The van der Waals surface area contributed by atoms with Gasteiger partial charge in [-0.3, -0.25) is 4.79 Å². The average molecular weight is 310 g/mol. The number of rotatable bonds is 6. The zero-order valence-corrected chi connectivity index (χ0v) is 13.3. The first-order valence-electron chi connectivity index (χ1n) is 7.64. The molecule has 5 heteroatoms. The van der Waals surface area contributed by atoms with E-state index in [-0.39, 0.29) is 5.91 Å². The Labute approximate surface area is 131 Å². The van der Waals surface area contributed by atoms with Crippen LogP contribution in [-0.2, 0) is 4.79 Å². The number of carbonyl (C=O) groups excluding carboxylic acids is 1. The highest BCUT2D eigenvalue weighted by Gasteiger charge is 2.13. The second-order valence-electron chi connectivity index (χ2n) is 5.70. The van der Waals surface area contributed by atoms with Crippen LogP contribution >= 0.6 is 11.6 Å². The predicted molar refractivity (Wildman–Crippen MR) is 87.8 cm³/mol. The molecule has 1 fully saturated rings. The molecular weight excluding hydrogens is 286 g/mol. The first-order valence-corrected chi connectivity index (χ1v) is 8.02. The molecule has 4 nitrogen and oxygen atoms in total. The molecule has 2 N–H and O–H groups in total. The number of hydrogen-bond acceptors (Lipinski definition) is 3. The molecular formula is C16H24ClN3O. The topological polar surface area (TPSA) is 44.4 Å². The Morgan fingerprint density at radius 3 is 2.81 bits per heavy atom.